The van der Waals surface area contributed by atoms with Gasteiger partial charge in [0, 0.05) is 30.3 Å². The average molecular weight is 963 g/mol. The summed E-state index contributed by atoms with van der Waals surface area (Å²) in [6.45, 7) is 19.0. The smallest absolute Gasteiger partial charge is 0.0708 e. The van der Waals surface area contributed by atoms with Crippen LogP contribution in [0.5, 0.6) is 0 Å². The van der Waals surface area contributed by atoms with E-state index in [1.165, 1.54) is 136 Å². The molecule has 0 aromatic carbocycles. The van der Waals surface area contributed by atoms with Crippen LogP contribution in [0.2, 0.25) is 0 Å². The van der Waals surface area contributed by atoms with Crippen LogP contribution in [0.15, 0.2) is 42.6 Å². The maximum Gasteiger partial charge on any atom is 0.0708 e. The number of unbranched alkanes of at least 4 members (excludes halogenated alkanes) is 4. The summed E-state index contributed by atoms with van der Waals surface area (Å²) in [5.74, 6) is 3.34. The first kappa shape index (κ1) is 46.8. The quantitative estimate of drug-likeness (QED) is 0.0656. The van der Waals surface area contributed by atoms with Crippen LogP contribution in [0, 0.1) is 23.7 Å². The van der Waals surface area contributed by atoms with Gasteiger partial charge in [0.05, 0.1) is 7.57 Å². The maximum absolute atomic E-state index is 3.83. The minimum Gasteiger partial charge on any atom is -0.143 e. The monoisotopic (exact) mass is 960 g/mol. The van der Waals surface area contributed by atoms with E-state index in [0.717, 1.165) is 23.7 Å². The van der Waals surface area contributed by atoms with Gasteiger partial charge in [-0.2, -0.15) is 0 Å². The van der Waals surface area contributed by atoms with Gasteiger partial charge in [-0.05, 0) is 138 Å². The molecule has 4 heterocycles. The Balaban J connectivity index is 0.000000215. The van der Waals surface area contributed by atoms with Crippen LogP contribution in [0.25, 0.3) is 19.5 Å². The third-order valence-corrected chi connectivity index (χ3v) is 19.4. The first-order valence-corrected chi connectivity index (χ1v) is 27.9. The van der Waals surface area contributed by atoms with Crippen LogP contribution in [0.3, 0.4) is 0 Å². The predicted octanol–water partition coefficient (Wildman–Crippen LogP) is 20.1. The van der Waals surface area contributed by atoms with Gasteiger partial charge >= 0.3 is 0 Å². The van der Waals surface area contributed by atoms with E-state index in [1.807, 2.05) is 45.3 Å². The highest BCUT2D eigenvalue weighted by Gasteiger charge is 2.48. The Morgan fingerprint density at radius 3 is 1.04 bits per heavy atom. The normalized spacial score (nSPS) is 16.8. The zero-order valence-corrected chi connectivity index (χ0v) is 42.7. The van der Waals surface area contributed by atoms with E-state index in [0.29, 0.717) is 0 Å². The van der Waals surface area contributed by atoms with Gasteiger partial charge in [0.1, 0.15) is 0 Å². The number of hydrogen-bond donors (Lipinski definition) is 0. The van der Waals surface area contributed by atoms with Crippen molar-refractivity contribution in [2.75, 3.05) is 0 Å². The van der Waals surface area contributed by atoms with Gasteiger partial charge < -0.3 is 0 Å². The fourth-order valence-corrected chi connectivity index (χ4v) is 16.3. The molecule has 0 saturated carbocycles. The molecule has 0 nitrogen and oxygen atoms in total. The summed E-state index contributed by atoms with van der Waals surface area (Å²) in [4.78, 5) is 6.27. The fourth-order valence-electron chi connectivity index (χ4n) is 10.6. The average Bonchev–Trinajstić information content (AvgIpc) is 4.06. The summed E-state index contributed by atoms with van der Waals surface area (Å²) >= 11 is 15.5. The Labute approximate surface area is 376 Å². The molecule has 4 aromatic heterocycles. The van der Waals surface area contributed by atoms with Crippen LogP contribution < -0.4 is 0 Å². The summed E-state index contributed by atoms with van der Waals surface area (Å²) in [6.07, 6.45) is 26.9. The van der Waals surface area contributed by atoms with Crippen molar-refractivity contribution in [3.63, 3.8) is 0 Å². The molecule has 2 aliphatic rings. The lowest BCUT2D eigenvalue weighted by atomic mass is 9.66. The summed E-state index contributed by atoms with van der Waals surface area (Å²) < 4.78 is 2.59. The van der Waals surface area contributed by atoms with E-state index in [9.17, 15) is 0 Å². The van der Waals surface area contributed by atoms with Crippen molar-refractivity contribution in [3.8, 4) is 19.5 Å². The SMILES string of the molecule is CCCCC(CC)CC1(CC(CC)CCCC)c2cc(Br)sc2-c2sc(Br)cc21.CCCCC(CC)CC1(CC(CC)CCCC)c2ccsc2-c2sccc21. The molecular formula is C50H74Br2S4. The zero-order valence-electron chi connectivity index (χ0n) is 36.3. The van der Waals surface area contributed by atoms with E-state index >= 15 is 0 Å². The predicted molar refractivity (Wildman–Crippen MR) is 264 cm³/mol. The lowest BCUT2D eigenvalue weighted by Crippen LogP contribution is -2.31. The first-order chi connectivity index (χ1) is 27.2. The van der Waals surface area contributed by atoms with Crippen LogP contribution >= 0.6 is 77.2 Å². The highest BCUT2D eigenvalue weighted by Crippen LogP contribution is 2.62. The van der Waals surface area contributed by atoms with Gasteiger partial charge in [-0.15, -0.1) is 45.3 Å². The van der Waals surface area contributed by atoms with E-state index in [-0.39, 0.29) is 10.8 Å². The Hall–Kier alpha value is -0.240. The lowest BCUT2D eigenvalue weighted by Gasteiger charge is -2.37. The largest absolute Gasteiger partial charge is 0.143 e. The van der Waals surface area contributed by atoms with Crippen LogP contribution in [-0.2, 0) is 10.8 Å². The van der Waals surface area contributed by atoms with Crippen LogP contribution in [0.4, 0.5) is 0 Å². The number of hydrogen-bond acceptors (Lipinski definition) is 4. The summed E-state index contributed by atoms with van der Waals surface area (Å²) in [6, 6.07) is 9.90. The third-order valence-electron chi connectivity index (χ3n) is 13.9. The Morgan fingerprint density at radius 1 is 0.446 bits per heavy atom. The standard InChI is InChI=1S/C25H36Br2S2.C25H38S2/c1-5-9-11-17(7-3)15-25(16-18(8-4)12-10-6-2)19-13-21(26)28-23(19)24-20(25)14-22(27)29-24;1-5-9-11-19(7-3)17-25(18-20(8-4)12-10-6-2)21-13-15-26-23(21)24-22(25)14-16-27-24/h13-14,17-18H,5-12,15-16H2,1-4H3;13-16,19-20H,5-12,17-18H2,1-4H3. The van der Waals surface area contributed by atoms with Gasteiger partial charge in [-0.3, -0.25) is 0 Å². The van der Waals surface area contributed by atoms with E-state index in [1.54, 1.807) is 41.8 Å². The fraction of sp³-hybridized carbons (Fsp3) is 0.680. The minimum absolute atomic E-state index is 0.207. The Morgan fingerprint density at radius 2 is 0.750 bits per heavy atom. The molecule has 0 aliphatic heterocycles. The summed E-state index contributed by atoms with van der Waals surface area (Å²) in [7, 11) is 0. The number of fused-ring (bicyclic) bond motifs is 6. The van der Waals surface area contributed by atoms with Crippen molar-refractivity contribution >= 4 is 77.2 Å². The molecule has 6 rings (SSSR count). The molecule has 0 bridgehead atoms. The topological polar surface area (TPSA) is 0 Å². The van der Waals surface area contributed by atoms with Crippen LogP contribution in [-0.4, -0.2) is 0 Å². The molecule has 0 spiro atoms. The number of rotatable bonds is 24. The first-order valence-electron chi connectivity index (χ1n) is 22.9. The second-order valence-corrected chi connectivity index (χ2v) is 24.3. The molecule has 312 valence electrons. The third kappa shape index (κ3) is 10.4. The second kappa shape index (κ2) is 22.6. The molecule has 0 amide bonds. The van der Waals surface area contributed by atoms with E-state index < -0.39 is 0 Å². The van der Waals surface area contributed by atoms with Gasteiger partial charge in [0.15, 0.2) is 0 Å². The molecule has 0 fully saturated rings. The lowest BCUT2D eigenvalue weighted by molar-refractivity contribution is 0.266. The second-order valence-electron chi connectivity index (χ2n) is 17.6. The molecule has 2 aliphatic carbocycles. The van der Waals surface area contributed by atoms with E-state index in [2.05, 4.69) is 122 Å². The molecule has 6 heteroatoms. The van der Waals surface area contributed by atoms with Crippen molar-refractivity contribution in [2.45, 2.75) is 195 Å². The van der Waals surface area contributed by atoms with Crippen LogP contribution in [0.1, 0.15) is 206 Å². The molecule has 0 N–H and O–H groups in total. The number of halogens is 2. The van der Waals surface area contributed by atoms with Crippen molar-refractivity contribution < 1.29 is 0 Å². The molecular weight excluding hydrogens is 889 g/mol. The zero-order chi connectivity index (χ0) is 40.3. The molecule has 4 unspecified atom stereocenters. The van der Waals surface area contributed by atoms with Gasteiger partial charge in [-0.25, -0.2) is 0 Å². The van der Waals surface area contributed by atoms with Crippen molar-refractivity contribution in [3.05, 3.63) is 64.9 Å². The van der Waals surface area contributed by atoms with Crippen molar-refractivity contribution in [2.24, 2.45) is 23.7 Å². The highest BCUT2D eigenvalue weighted by molar-refractivity contribution is 9.11. The maximum atomic E-state index is 3.83. The van der Waals surface area contributed by atoms with Gasteiger partial charge in [-0.1, -0.05) is 158 Å². The van der Waals surface area contributed by atoms with E-state index in [4.69, 9.17) is 0 Å². The summed E-state index contributed by atoms with van der Waals surface area (Å²) in [5.41, 5.74) is 7.12. The van der Waals surface area contributed by atoms with Gasteiger partial charge in [0.2, 0.25) is 0 Å². The number of thiophene rings is 4. The van der Waals surface area contributed by atoms with Crippen molar-refractivity contribution in [1.82, 2.24) is 0 Å². The summed E-state index contributed by atoms with van der Waals surface area (Å²) in [5, 5.41) is 4.70. The molecule has 4 aromatic rings. The highest BCUT2D eigenvalue weighted by atomic mass is 79.9. The van der Waals surface area contributed by atoms with Gasteiger partial charge in [0.25, 0.3) is 0 Å². The minimum atomic E-state index is 0.207. The van der Waals surface area contributed by atoms with Crippen molar-refractivity contribution in [1.29, 1.82) is 0 Å². The Bertz CT molecular complexity index is 1610. The molecule has 56 heavy (non-hydrogen) atoms. The molecule has 4 atom stereocenters. The Kier molecular flexibility index (Phi) is 18.9. The molecule has 0 radical (unpaired) electrons. The molecule has 0 saturated heterocycles.